The van der Waals surface area contributed by atoms with Crippen LogP contribution in [0.15, 0.2) is 115 Å². The van der Waals surface area contributed by atoms with Crippen LogP contribution in [0.5, 0.6) is 0 Å². The van der Waals surface area contributed by atoms with E-state index in [4.69, 9.17) is 9.97 Å². The standard InChI is InChI=1S/C39H26N4O/c44-24-28-29-16-18-31(40-29)37(25-10-4-1-5-11-25)33-20-22-35(42-33)39(27-14-8-3-9-15-27)36-23-21-34(43-36)38(26-12-6-2-7-13-26)32-19-17-30(28)41-32/h1-24,40,43H. The predicted molar refractivity (Wildman–Crippen MR) is 181 cm³/mol. The smallest absolute Gasteiger partial charge is 0.154 e. The van der Waals surface area contributed by atoms with Crippen LogP contribution < -0.4 is 0 Å². The number of carbonyl (C=O) groups excluding carboxylic acids is 1. The van der Waals surface area contributed by atoms with Crippen molar-refractivity contribution in [3.05, 3.63) is 144 Å². The van der Waals surface area contributed by atoms with Crippen LogP contribution in [-0.4, -0.2) is 26.2 Å². The van der Waals surface area contributed by atoms with E-state index in [0.717, 1.165) is 73.3 Å². The maximum atomic E-state index is 12.6. The number of fused-ring (bicyclic) bond motifs is 8. The summed E-state index contributed by atoms with van der Waals surface area (Å²) in [6, 6.07) is 39.0. The Labute approximate surface area is 254 Å². The molecule has 44 heavy (non-hydrogen) atoms. The molecule has 5 heterocycles. The molecule has 8 bridgehead atoms. The molecule has 3 aromatic carbocycles. The second kappa shape index (κ2) is 10.6. The van der Waals surface area contributed by atoms with Crippen LogP contribution in [0, 0.1) is 0 Å². The molecule has 2 N–H and O–H groups in total. The van der Waals surface area contributed by atoms with Crippen LogP contribution in [0.1, 0.15) is 33.1 Å². The third kappa shape index (κ3) is 4.39. The zero-order valence-electron chi connectivity index (χ0n) is 23.7. The third-order valence-electron chi connectivity index (χ3n) is 8.10. The number of nitrogens with zero attached hydrogens (tertiary/aromatic N) is 2. The van der Waals surface area contributed by atoms with Crippen LogP contribution in [0.4, 0.5) is 0 Å². The van der Waals surface area contributed by atoms with Crippen molar-refractivity contribution >= 4 is 52.7 Å². The van der Waals surface area contributed by atoms with Gasteiger partial charge in [-0.1, -0.05) is 91.0 Å². The summed E-state index contributed by atoms with van der Waals surface area (Å²) in [6.07, 6.45) is 8.93. The molecule has 2 aliphatic rings. The summed E-state index contributed by atoms with van der Waals surface area (Å²) >= 11 is 0. The van der Waals surface area contributed by atoms with E-state index in [9.17, 15) is 4.79 Å². The van der Waals surface area contributed by atoms with Gasteiger partial charge in [-0.15, -0.1) is 0 Å². The molecule has 8 rings (SSSR count). The average Bonchev–Trinajstić information content (AvgIpc) is 3.90. The Morgan fingerprint density at radius 1 is 0.409 bits per heavy atom. The third-order valence-corrected chi connectivity index (χ3v) is 8.10. The Bertz CT molecular complexity index is 2240. The van der Waals surface area contributed by atoms with Crippen LogP contribution in [0.2, 0.25) is 0 Å². The monoisotopic (exact) mass is 566 g/mol. The predicted octanol–water partition coefficient (Wildman–Crippen LogP) is 9.47. The van der Waals surface area contributed by atoms with E-state index in [1.807, 2.05) is 66.7 Å². The van der Waals surface area contributed by atoms with Crippen molar-refractivity contribution in [3.8, 4) is 33.4 Å². The quantitative estimate of drug-likeness (QED) is 0.208. The zero-order valence-corrected chi connectivity index (χ0v) is 23.7. The van der Waals surface area contributed by atoms with Crippen LogP contribution in [0.3, 0.4) is 0 Å². The van der Waals surface area contributed by atoms with Gasteiger partial charge in [-0.05, 0) is 65.3 Å². The van der Waals surface area contributed by atoms with Gasteiger partial charge in [-0.3, -0.25) is 4.79 Å². The highest BCUT2D eigenvalue weighted by Gasteiger charge is 2.17. The molecule has 0 saturated carbocycles. The van der Waals surface area contributed by atoms with Crippen LogP contribution >= 0.6 is 0 Å². The summed E-state index contributed by atoms with van der Waals surface area (Å²) in [7, 11) is 0. The number of H-pyrrole nitrogens is 2. The van der Waals surface area contributed by atoms with Crippen molar-refractivity contribution < 1.29 is 4.79 Å². The van der Waals surface area contributed by atoms with Crippen LogP contribution in [-0.2, 0) is 0 Å². The van der Waals surface area contributed by atoms with Gasteiger partial charge in [0.15, 0.2) is 6.29 Å². The van der Waals surface area contributed by atoms with Crippen molar-refractivity contribution in [2.24, 2.45) is 0 Å². The molecule has 208 valence electrons. The first kappa shape index (κ1) is 25.6. The van der Waals surface area contributed by atoms with Gasteiger partial charge in [0.2, 0.25) is 0 Å². The average molecular weight is 567 g/mol. The van der Waals surface area contributed by atoms with E-state index in [2.05, 4.69) is 82.8 Å². The van der Waals surface area contributed by atoms with E-state index in [1.54, 1.807) is 0 Å². The van der Waals surface area contributed by atoms with Gasteiger partial charge >= 0.3 is 0 Å². The Hall–Kier alpha value is -6.07. The zero-order chi connectivity index (χ0) is 29.5. The maximum Gasteiger partial charge on any atom is 0.154 e. The van der Waals surface area contributed by atoms with Crippen LogP contribution in [0.25, 0.3) is 79.8 Å². The second-order valence-electron chi connectivity index (χ2n) is 10.8. The number of hydrogen-bond acceptors (Lipinski definition) is 3. The van der Waals surface area contributed by atoms with E-state index in [1.165, 1.54) is 0 Å². The molecule has 0 saturated heterocycles. The highest BCUT2D eigenvalue weighted by atomic mass is 16.1. The fourth-order valence-corrected chi connectivity index (χ4v) is 6.08. The Morgan fingerprint density at radius 3 is 1.16 bits per heavy atom. The first-order valence-electron chi connectivity index (χ1n) is 14.5. The number of aromatic amines is 2. The number of carbonyl (C=O) groups is 1. The second-order valence-corrected chi connectivity index (χ2v) is 10.8. The fraction of sp³-hybridized carbons (Fsp3) is 0. The fourth-order valence-electron chi connectivity index (χ4n) is 6.08. The molecule has 0 unspecified atom stereocenters. The Morgan fingerprint density at radius 2 is 0.750 bits per heavy atom. The summed E-state index contributed by atoms with van der Waals surface area (Å²) in [5, 5.41) is 0. The SMILES string of the molecule is O=Cc1c2nc(c(-c3ccccc3)c3ccc([nH]3)c(-c3ccccc3)c3nc(c(-c4ccccc4)c4ccc1[nH]4)C=C3)C=C2. The lowest BCUT2D eigenvalue weighted by Crippen LogP contribution is -1.90. The number of benzene rings is 3. The molecule has 0 amide bonds. The molecule has 6 aromatic rings. The Kier molecular flexibility index (Phi) is 6.20. The van der Waals surface area contributed by atoms with Gasteiger partial charge in [0.05, 0.1) is 33.9 Å². The van der Waals surface area contributed by atoms with E-state index >= 15 is 0 Å². The summed E-state index contributed by atoms with van der Waals surface area (Å²) < 4.78 is 0. The van der Waals surface area contributed by atoms with E-state index in [0.29, 0.717) is 16.8 Å². The minimum Gasteiger partial charge on any atom is -0.354 e. The van der Waals surface area contributed by atoms with Crippen molar-refractivity contribution in [2.75, 3.05) is 0 Å². The topological polar surface area (TPSA) is 74.4 Å². The van der Waals surface area contributed by atoms with Gasteiger partial charge < -0.3 is 9.97 Å². The molecule has 0 atom stereocenters. The normalized spacial score (nSPS) is 12.0. The lowest BCUT2D eigenvalue weighted by Gasteiger charge is -2.06. The van der Waals surface area contributed by atoms with Crippen molar-refractivity contribution in [1.29, 1.82) is 0 Å². The van der Waals surface area contributed by atoms with Gasteiger partial charge in [-0.2, -0.15) is 0 Å². The highest BCUT2D eigenvalue weighted by molar-refractivity contribution is 6.00. The maximum absolute atomic E-state index is 12.6. The first-order chi connectivity index (χ1) is 21.8. The molecule has 0 radical (unpaired) electrons. The van der Waals surface area contributed by atoms with E-state index in [-0.39, 0.29) is 0 Å². The summed E-state index contributed by atoms with van der Waals surface area (Å²) in [5.74, 6) is 0. The van der Waals surface area contributed by atoms with Gasteiger partial charge in [0, 0.05) is 33.2 Å². The molecule has 0 fully saturated rings. The number of aromatic nitrogens is 4. The molecule has 2 aliphatic heterocycles. The molecular weight excluding hydrogens is 540 g/mol. The first-order valence-corrected chi connectivity index (χ1v) is 14.5. The lowest BCUT2D eigenvalue weighted by molar-refractivity contribution is 0.112. The molecule has 0 aliphatic carbocycles. The summed E-state index contributed by atoms with van der Waals surface area (Å²) in [4.78, 5) is 30.0. The minimum atomic E-state index is 0.498. The number of nitrogens with one attached hydrogen (secondary N) is 2. The number of rotatable bonds is 4. The minimum absolute atomic E-state index is 0.498. The number of hydrogen-bond donors (Lipinski definition) is 2. The van der Waals surface area contributed by atoms with Crippen molar-refractivity contribution in [3.63, 3.8) is 0 Å². The highest BCUT2D eigenvalue weighted by Crippen LogP contribution is 2.36. The summed E-state index contributed by atoms with van der Waals surface area (Å²) in [5.41, 5.74) is 13.1. The largest absolute Gasteiger partial charge is 0.354 e. The molecular formula is C39H26N4O. The van der Waals surface area contributed by atoms with Crippen molar-refractivity contribution in [2.45, 2.75) is 0 Å². The molecule has 0 spiro atoms. The van der Waals surface area contributed by atoms with Gasteiger partial charge in [0.1, 0.15) is 0 Å². The molecule has 5 nitrogen and oxygen atoms in total. The summed E-state index contributed by atoms with van der Waals surface area (Å²) in [6.45, 7) is 0. The lowest BCUT2D eigenvalue weighted by atomic mass is 10.0. The van der Waals surface area contributed by atoms with E-state index < -0.39 is 0 Å². The van der Waals surface area contributed by atoms with Gasteiger partial charge in [-0.25, -0.2) is 9.97 Å². The number of aldehydes is 1. The van der Waals surface area contributed by atoms with Crippen molar-refractivity contribution in [1.82, 2.24) is 19.9 Å². The molecule has 5 heteroatoms. The van der Waals surface area contributed by atoms with Gasteiger partial charge in [0.25, 0.3) is 0 Å². The molecule has 3 aromatic heterocycles. The Balaban J connectivity index is 1.58.